The largest absolute Gasteiger partial charge is 0.491 e. The Morgan fingerprint density at radius 1 is 0.667 bits per heavy atom. The lowest BCUT2D eigenvalue weighted by Crippen LogP contribution is -2.09. The van der Waals surface area contributed by atoms with Gasteiger partial charge in [-0.2, -0.15) is 0 Å². The highest BCUT2D eigenvalue weighted by atomic mass is 16.5. The monoisotopic (exact) mass is 390 g/mol. The topological polar surface area (TPSA) is 29.5 Å². The van der Waals surface area contributed by atoms with Gasteiger partial charge in [-0.05, 0) is 38.9 Å². The van der Waals surface area contributed by atoms with Gasteiger partial charge in [0.2, 0.25) is 0 Å². The summed E-state index contributed by atoms with van der Waals surface area (Å²) in [5, 5.41) is 9.50. The van der Waals surface area contributed by atoms with Gasteiger partial charge in [0.05, 0.1) is 6.61 Å². The van der Waals surface area contributed by atoms with Crippen molar-refractivity contribution in [3.05, 3.63) is 113 Å². The molecule has 0 fully saturated rings. The molecule has 0 saturated heterocycles. The van der Waals surface area contributed by atoms with Crippen molar-refractivity contribution < 1.29 is 9.84 Å². The fourth-order valence-corrected chi connectivity index (χ4v) is 5.24. The van der Waals surface area contributed by atoms with Crippen LogP contribution in [0.3, 0.4) is 0 Å². The second-order valence-corrected chi connectivity index (χ2v) is 8.02. The second-order valence-electron chi connectivity index (χ2n) is 8.02. The number of rotatable bonds is 4. The summed E-state index contributed by atoms with van der Waals surface area (Å²) in [7, 11) is 0. The van der Waals surface area contributed by atoms with Crippen LogP contribution in [0.25, 0.3) is 22.3 Å². The second kappa shape index (κ2) is 6.86. The van der Waals surface area contributed by atoms with Gasteiger partial charge >= 0.3 is 0 Å². The molecule has 2 aliphatic carbocycles. The highest BCUT2D eigenvalue weighted by Crippen LogP contribution is 2.52. The van der Waals surface area contributed by atoms with Crippen molar-refractivity contribution in [1.29, 1.82) is 0 Å². The van der Waals surface area contributed by atoms with Crippen LogP contribution in [0.5, 0.6) is 5.75 Å². The first kappa shape index (κ1) is 17.5. The zero-order valence-corrected chi connectivity index (χ0v) is 16.6. The predicted molar refractivity (Wildman–Crippen MR) is 120 cm³/mol. The van der Waals surface area contributed by atoms with E-state index in [0.29, 0.717) is 6.61 Å². The van der Waals surface area contributed by atoms with Gasteiger partial charge in [-0.25, -0.2) is 0 Å². The summed E-state index contributed by atoms with van der Waals surface area (Å²) in [6.45, 7) is 0.309. The number of hydrogen-bond donors (Lipinski definition) is 1. The minimum Gasteiger partial charge on any atom is -0.491 e. The molecule has 4 aromatic rings. The van der Waals surface area contributed by atoms with Crippen LogP contribution in [0.2, 0.25) is 0 Å². The third kappa shape index (κ3) is 2.47. The molecule has 0 aromatic heterocycles. The third-order valence-electron chi connectivity index (χ3n) is 6.45. The molecule has 1 N–H and O–H groups in total. The van der Waals surface area contributed by atoms with Gasteiger partial charge in [0.15, 0.2) is 0 Å². The minimum absolute atomic E-state index is 0.00783. The van der Waals surface area contributed by atoms with Crippen molar-refractivity contribution in [2.24, 2.45) is 0 Å². The zero-order chi connectivity index (χ0) is 20.1. The first-order valence-electron chi connectivity index (χ1n) is 10.5. The van der Waals surface area contributed by atoms with Gasteiger partial charge in [0.25, 0.3) is 0 Å². The van der Waals surface area contributed by atoms with Crippen LogP contribution in [-0.4, -0.2) is 18.3 Å². The van der Waals surface area contributed by atoms with E-state index >= 15 is 0 Å². The molecule has 2 aliphatic rings. The predicted octanol–water partition coefficient (Wildman–Crippen LogP) is 5.79. The van der Waals surface area contributed by atoms with Gasteiger partial charge in [0, 0.05) is 23.5 Å². The summed E-state index contributed by atoms with van der Waals surface area (Å²) in [5.41, 5.74) is 11.6. The van der Waals surface area contributed by atoms with E-state index in [0.717, 1.165) is 12.2 Å². The molecule has 146 valence electrons. The Labute approximate surface area is 176 Å². The number of fused-ring (bicyclic) bond motifs is 6. The van der Waals surface area contributed by atoms with Crippen LogP contribution in [0, 0.1) is 0 Å². The van der Waals surface area contributed by atoms with Gasteiger partial charge in [0.1, 0.15) is 12.4 Å². The average molecular weight is 390 g/mol. The van der Waals surface area contributed by atoms with E-state index in [1.807, 2.05) is 0 Å². The molecular formula is C28H22O2. The molecule has 6 rings (SSSR count). The maximum absolute atomic E-state index is 9.50. The molecule has 0 saturated carbocycles. The molecule has 0 atom stereocenters. The minimum atomic E-state index is 0.00783. The lowest BCUT2D eigenvalue weighted by molar-refractivity contribution is 0.199. The molecule has 0 bridgehead atoms. The summed E-state index contributed by atoms with van der Waals surface area (Å²) in [6.07, 6.45) is 0.871. The fourth-order valence-electron chi connectivity index (χ4n) is 5.24. The molecule has 0 radical (unpaired) electrons. The Bertz CT molecular complexity index is 1230. The Hall–Kier alpha value is -3.36. The lowest BCUT2D eigenvalue weighted by Gasteiger charge is -2.21. The standard InChI is InChI=1S/C28H22O2/c29-15-16-30-28-25(14-13-22-19-8-2-1-7-18(19)17-26(22)28)27-23-11-5-3-9-20(23)21-10-4-6-12-24(21)27/h1-14,27,29H,15-17H2. The summed E-state index contributed by atoms with van der Waals surface area (Å²) < 4.78 is 6.25. The van der Waals surface area contributed by atoms with Crippen molar-refractivity contribution in [1.82, 2.24) is 0 Å². The summed E-state index contributed by atoms with van der Waals surface area (Å²) in [6, 6.07) is 30.4. The van der Waals surface area contributed by atoms with E-state index in [4.69, 9.17) is 4.74 Å². The molecule has 2 heteroatoms. The van der Waals surface area contributed by atoms with Gasteiger partial charge < -0.3 is 9.84 Å². The molecule has 0 aliphatic heterocycles. The smallest absolute Gasteiger partial charge is 0.127 e. The third-order valence-corrected chi connectivity index (χ3v) is 6.45. The van der Waals surface area contributed by atoms with Crippen molar-refractivity contribution >= 4 is 0 Å². The quantitative estimate of drug-likeness (QED) is 0.413. The molecule has 2 nitrogen and oxygen atoms in total. The number of aliphatic hydroxyl groups excluding tert-OH is 1. The molecule has 0 amide bonds. The van der Waals surface area contributed by atoms with Crippen molar-refractivity contribution in [3.63, 3.8) is 0 Å². The first-order valence-corrected chi connectivity index (χ1v) is 10.5. The van der Waals surface area contributed by atoms with Gasteiger partial charge in [-0.3, -0.25) is 0 Å². The molecule has 0 unspecified atom stereocenters. The molecule has 0 spiro atoms. The highest BCUT2D eigenvalue weighted by Gasteiger charge is 2.33. The van der Waals surface area contributed by atoms with Crippen LogP contribution >= 0.6 is 0 Å². The van der Waals surface area contributed by atoms with E-state index in [2.05, 4.69) is 84.9 Å². The number of benzene rings is 4. The van der Waals surface area contributed by atoms with E-state index in [9.17, 15) is 5.11 Å². The van der Waals surface area contributed by atoms with Gasteiger partial charge in [-0.1, -0.05) is 84.9 Å². The van der Waals surface area contributed by atoms with Gasteiger partial charge in [-0.15, -0.1) is 0 Å². The molecule has 0 heterocycles. The van der Waals surface area contributed by atoms with E-state index in [1.54, 1.807) is 0 Å². The van der Waals surface area contributed by atoms with E-state index in [1.165, 1.54) is 50.1 Å². The van der Waals surface area contributed by atoms with Crippen molar-refractivity contribution in [2.45, 2.75) is 12.3 Å². The zero-order valence-electron chi connectivity index (χ0n) is 16.6. The first-order chi connectivity index (χ1) is 14.9. The van der Waals surface area contributed by atoms with Crippen molar-refractivity contribution in [2.75, 3.05) is 13.2 Å². The summed E-state index contributed by atoms with van der Waals surface area (Å²) >= 11 is 0. The Balaban J connectivity index is 1.58. The number of aliphatic hydroxyl groups is 1. The summed E-state index contributed by atoms with van der Waals surface area (Å²) in [5.74, 6) is 1.08. The lowest BCUT2D eigenvalue weighted by atomic mass is 9.86. The van der Waals surface area contributed by atoms with Crippen LogP contribution in [0.15, 0.2) is 84.9 Å². The Morgan fingerprint density at radius 3 is 2.00 bits per heavy atom. The maximum atomic E-state index is 9.50. The fraction of sp³-hybridized carbons (Fsp3) is 0.143. The Kier molecular flexibility index (Phi) is 4.00. The van der Waals surface area contributed by atoms with E-state index < -0.39 is 0 Å². The summed E-state index contributed by atoms with van der Waals surface area (Å²) in [4.78, 5) is 0. The SMILES string of the molecule is OCCOc1c(C2c3ccccc3-c3ccccc32)ccc2c1Cc1ccccc1-2. The molecule has 4 aromatic carbocycles. The van der Waals surface area contributed by atoms with Crippen molar-refractivity contribution in [3.8, 4) is 28.0 Å². The number of ether oxygens (including phenoxy) is 1. The molecular weight excluding hydrogens is 368 g/mol. The number of hydrogen-bond acceptors (Lipinski definition) is 2. The normalized spacial score (nSPS) is 13.5. The maximum Gasteiger partial charge on any atom is 0.127 e. The average Bonchev–Trinajstić information content (AvgIpc) is 3.33. The van der Waals surface area contributed by atoms with Crippen LogP contribution in [0.1, 0.15) is 33.7 Å². The van der Waals surface area contributed by atoms with Crippen LogP contribution in [0.4, 0.5) is 0 Å². The van der Waals surface area contributed by atoms with Crippen LogP contribution in [-0.2, 0) is 6.42 Å². The van der Waals surface area contributed by atoms with Crippen LogP contribution < -0.4 is 4.74 Å². The Morgan fingerprint density at radius 2 is 1.30 bits per heavy atom. The van der Waals surface area contributed by atoms with E-state index in [-0.39, 0.29) is 12.5 Å². The highest BCUT2D eigenvalue weighted by molar-refractivity contribution is 5.84. The molecule has 30 heavy (non-hydrogen) atoms.